The fourth-order valence-corrected chi connectivity index (χ4v) is 3.10. The highest BCUT2D eigenvalue weighted by Gasteiger charge is 2.22. The van der Waals surface area contributed by atoms with Crippen molar-refractivity contribution in [3.8, 4) is 5.75 Å². The van der Waals surface area contributed by atoms with Gasteiger partial charge in [-0.3, -0.25) is 4.79 Å². The number of hydrogen-bond acceptors (Lipinski definition) is 4. The van der Waals surface area contributed by atoms with Gasteiger partial charge in [0.2, 0.25) is 10.0 Å². The second kappa shape index (κ2) is 8.14. The van der Waals surface area contributed by atoms with Crippen LogP contribution in [0.15, 0.2) is 29.2 Å². The molecule has 0 aromatic heterocycles. The van der Waals surface area contributed by atoms with E-state index < -0.39 is 21.9 Å². The Bertz CT molecular complexity index is 580. The van der Waals surface area contributed by atoms with Crippen LogP contribution in [0.4, 0.5) is 0 Å². The monoisotopic (exact) mass is 329 g/mol. The molecule has 0 radical (unpaired) electrons. The van der Waals surface area contributed by atoms with Crippen molar-refractivity contribution >= 4 is 16.0 Å². The average Bonchev–Trinajstić information content (AvgIpc) is 2.44. The van der Waals surface area contributed by atoms with Crippen LogP contribution in [0, 0.1) is 11.8 Å². The minimum atomic E-state index is -3.73. The van der Waals surface area contributed by atoms with E-state index in [4.69, 9.17) is 9.84 Å². The summed E-state index contributed by atoms with van der Waals surface area (Å²) in [4.78, 5) is 11.2. The van der Waals surface area contributed by atoms with Crippen LogP contribution in [0.2, 0.25) is 0 Å². The SMILES string of the molecule is CCOc1ccc(S(=O)(=O)NCC(CC(C)C)C(=O)O)cc1. The lowest BCUT2D eigenvalue weighted by molar-refractivity contribution is -0.142. The Morgan fingerprint density at radius 3 is 2.32 bits per heavy atom. The molecule has 0 heterocycles. The number of rotatable bonds is 9. The molecule has 0 saturated heterocycles. The first-order valence-corrected chi connectivity index (χ1v) is 8.70. The number of nitrogens with one attached hydrogen (secondary N) is 1. The van der Waals surface area contributed by atoms with E-state index in [9.17, 15) is 13.2 Å². The smallest absolute Gasteiger partial charge is 0.307 e. The molecule has 0 bridgehead atoms. The molecule has 0 aliphatic rings. The molecular weight excluding hydrogens is 306 g/mol. The molecule has 1 aromatic carbocycles. The van der Waals surface area contributed by atoms with Gasteiger partial charge in [0.25, 0.3) is 0 Å². The molecule has 22 heavy (non-hydrogen) atoms. The third kappa shape index (κ3) is 5.65. The van der Waals surface area contributed by atoms with E-state index >= 15 is 0 Å². The number of carboxylic acid groups (broad SMARTS) is 1. The Balaban J connectivity index is 2.75. The minimum absolute atomic E-state index is 0.0876. The largest absolute Gasteiger partial charge is 0.494 e. The van der Waals surface area contributed by atoms with Crippen LogP contribution >= 0.6 is 0 Å². The molecule has 1 rings (SSSR count). The van der Waals surface area contributed by atoms with E-state index in [2.05, 4.69) is 4.72 Å². The van der Waals surface area contributed by atoms with Crippen molar-refractivity contribution < 1.29 is 23.1 Å². The van der Waals surface area contributed by atoms with E-state index in [1.807, 2.05) is 20.8 Å². The molecule has 0 saturated carbocycles. The lowest BCUT2D eigenvalue weighted by atomic mass is 9.98. The van der Waals surface area contributed by atoms with Gasteiger partial charge in [-0.2, -0.15) is 0 Å². The third-order valence-corrected chi connectivity index (χ3v) is 4.51. The van der Waals surface area contributed by atoms with E-state index in [0.717, 1.165) is 0 Å². The maximum Gasteiger partial charge on any atom is 0.307 e. The van der Waals surface area contributed by atoms with Crippen LogP contribution in [-0.4, -0.2) is 32.6 Å². The average molecular weight is 329 g/mol. The predicted molar refractivity (Wildman–Crippen MR) is 83.4 cm³/mol. The van der Waals surface area contributed by atoms with Crippen molar-refractivity contribution in [2.24, 2.45) is 11.8 Å². The van der Waals surface area contributed by atoms with E-state index in [-0.39, 0.29) is 17.4 Å². The molecule has 0 aliphatic heterocycles. The Kier molecular flexibility index (Phi) is 6.83. The summed E-state index contributed by atoms with van der Waals surface area (Å²) in [5, 5.41) is 9.13. The molecule has 0 fully saturated rings. The zero-order chi connectivity index (χ0) is 16.8. The van der Waals surface area contributed by atoms with Crippen molar-refractivity contribution in [2.75, 3.05) is 13.2 Å². The molecule has 0 spiro atoms. The van der Waals surface area contributed by atoms with Gasteiger partial charge in [0.05, 0.1) is 17.4 Å². The highest BCUT2D eigenvalue weighted by Crippen LogP contribution is 2.17. The summed E-state index contributed by atoms with van der Waals surface area (Å²) in [6, 6.07) is 6.01. The van der Waals surface area contributed by atoms with Gasteiger partial charge in [-0.1, -0.05) is 13.8 Å². The summed E-state index contributed by atoms with van der Waals surface area (Å²) in [5.74, 6) is -0.971. The van der Waals surface area contributed by atoms with Crippen LogP contribution in [0.3, 0.4) is 0 Å². The van der Waals surface area contributed by atoms with Gasteiger partial charge in [0.1, 0.15) is 5.75 Å². The first-order chi connectivity index (χ1) is 10.3. The van der Waals surface area contributed by atoms with E-state index in [0.29, 0.717) is 18.8 Å². The van der Waals surface area contributed by atoms with Crippen LogP contribution < -0.4 is 9.46 Å². The van der Waals surface area contributed by atoms with Crippen LogP contribution in [0.25, 0.3) is 0 Å². The first-order valence-electron chi connectivity index (χ1n) is 7.21. The van der Waals surface area contributed by atoms with Gasteiger partial charge in [-0.15, -0.1) is 0 Å². The minimum Gasteiger partial charge on any atom is -0.494 e. The van der Waals surface area contributed by atoms with E-state index in [1.165, 1.54) is 12.1 Å². The van der Waals surface area contributed by atoms with Crippen molar-refractivity contribution in [1.29, 1.82) is 0 Å². The van der Waals surface area contributed by atoms with Crippen LogP contribution in [0.1, 0.15) is 27.2 Å². The molecule has 6 nitrogen and oxygen atoms in total. The first kappa shape index (κ1) is 18.4. The number of hydrogen-bond donors (Lipinski definition) is 2. The molecule has 1 atom stereocenters. The van der Waals surface area contributed by atoms with Crippen LogP contribution in [-0.2, 0) is 14.8 Å². The lowest BCUT2D eigenvalue weighted by Crippen LogP contribution is -2.33. The lowest BCUT2D eigenvalue weighted by Gasteiger charge is -2.15. The summed E-state index contributed by atoms with van der Waals surface area (Å²) >= 11 is 0. The maximum atomic E-state index is 12.2. The summed E-state index contributed by atoms with van der Waals surface area (Å²) in [6.45, 7) is 6.02. The highest BCUT2D eigenvalue weighted by molar-refractivity contribution is 7.89. The maximum absolute atomic E-state index is 12.2. The van der Waals surface area contributed by atoms with Gasteiger partial charge < -0.3 is 9.84 Å². The second-order valence-corrected chi connectivity index (χ2v) is 7.19. The summed E-state index contributed by atoms with van der Waals surface area (Å²) in [7, 11) is -3.73. The van der Waals surface area contributed by atoms with Crippen molar-refractivity contribution in [2.45, 2.75) is 32.1 Å². The van der Waals surface area contributed by atoms with Gasteiger partial charge in [-0.05, 0) is 43.5 Å². The topological polar surface area (TPSA) is 92.7 Å². The Labute approximate surface area is 131 Å². The molecule has 0 amide bonds. The molecule has 1 aromatic rings. The van der Waals surface area contributed by atoms with E-state index in [1.54, 1.807) is 12.1 Å². The summed E-state index contributed by atoms with van der Waals surface area (Å²) < 4.78 is 32.0. The second-order valence-electron chi connectivity index (χ2n) is 5.42. The standard InChI is InChI=1S/C15H23NO5S/c1-4-21-13-5-7-14(8-6-13)22(19,20)16-10-12(15(17)18)9-11(2)3/h5-8,11-12,16H,4,9-10H2,1-3H3,(H,17,18). The number of ether oxygens (including phenoxy) is 1. The molecule has 124 valence electrons. The molecule has 1 unspecified atom stereocenters. The molecule has 0 aliphatic carbocycles. The van der Waals surface area contributed by atoms with Gasteiger partial charge in [-0.25, -0.2) is 13.1 Å². The molecule has 7 heteroatoms. The van der Waals surface area contributed by atoms with Gasteiger partial charge in [0, 0.05) is 6.54 Å². The Morgan fingerprint density at radius 1 is 1.27 bits per heavy atom. The number of sulfonamides is 1. The number of carboxylic acids is 1. The highest BCUT2D eigenvalue weighted by atomic mass is 32.2. The molecular formula is C15H23NO5S. The number of carbonyl (C=O) groups is 1. The predicted octanol–water partition coefficient (Wildman–Crippen LogP) is 2.11. The van der Waals surface area contributed by atoms with Gasteiger partial charge in [0.15, 0.2) is 0 Å². The number of benzene rings is 1. The van der Waals surface area contributed by atoms with Crippen molar-refractivity contribution in [3.05, 3.63) is 24.3 Å². The Morgan fingerprint density at radius 2 is 1.86 bits per heavy atom. The number of aliphatic carboxylic acids is 1. The van der Waals surface area contributed by atoms with Gasteiger partial charge >= 0.3 is 5.97 Å². The Hall–Kier alpha value is -1.60. The fourth-order valence-electron chi connectivity index (χ4n) is 2.02. The summed E-state index contributed by atoms with van der Waals surface area (Å²) in [6.07, 6.45) is 0.418. The normalized spacial score (nSPS) is 13.1. The zero-order valence-electron chi connectivity index (χ0n) is 13.1. The summed E-state index contributed by atoms with van der Waals surface area (Å²) in [5.41, 5.74) is 0. The molecule has 2 N–H and O–H groups in total. The fraction of sp³-hybridized carbons (Fsp3) is 0.533. The van der Waals surface area contributed by atoms with Crippen molar-refractivity contribution in [3.63, 3.8) is 0 Å². The zero-order valence-corrected chi connectivity index (χ0v) is 13.9. The third-order valence-electron chi connectivity index (χ3n) is 3.07. The van der Waals surface area contributed by atoms with Crippen molar-refractivity contribution in [1.82, 2.24) is 4.72 Å². The van der Waals surface area contributed by atoms with Crippen LogP contribution in [0.5, 0.6) is 5.75 Å². The quantitative estimate of drug-likeness (QED) is 0.724.